The molecule has 1 atom stereocenters. The van der Waals surface area contributed by atoms with E-state index in [-0.39, 0.29) is 19.1 Å². The predicted octanol–water partition coefficient (Wildman–Crippen LogP) is -0.709. The van der Waals surface area contributed by atoms with Crippen molar-refractivity contribution in [1.29, 1.82) is 0 Å². The van der Waals surface area contributed by atoms with Gasteiger partial charge in [0.2, 0.25) is 0 Å². The van der Waals surface area contributed by atoms with E-state index in [1.807, 2.05) is 0 Å². The third kappa shape index (κ3) is 2.34. The highest BCUT2D eigenvalue weighted by molar-refractivity contribution is 5.93. The van der Waals surface area contributed by atoms with E-state index in [1.54, 1.807) is 0 Å². The first kappa shape index (κ1) is 10.1. The van der Waals surface area contributed by atoms with Gasteiger partial charge in [0.25, 0.3) is 5.91 Å². The number of rotatable bonds is 3. The van der Waals surface area contributed by atoms with Gasteiger partial charge in [-0.3, -0.25) is 9.89 Å². The minimum absolute atomic E-state index is 0.205. The van der Waals surface area contributed by atoms with E-state index < -0.39 is 5.60 Å². The molecule has 3 N–H and O–H groups in total. The number of hydrogen-bond acceptors (Lipinski definition) is 4. The Morgan fingerprint density at radius 2 is 2.67 bits per heavy atom. The fraction of sp³-hybridized carbons (Fsp3) is 0.556. The van der Waals surface area contributed by atoms with Crippen molar-refractivity contribution in [3.8, 4) is 0 Å². The zero-order chi connectivity index (χ0) is 10.7. The molecule has 0 saturated carbocycles. The molecule has 1 aliphatic heterocycles. The standard InChI is InChI=1S/C9H13N3O3/c13-8(7-3-11-12-4-7)10-5-9(14)1-2-15-6-9/h3-4,14H,1-2,5-6H2,(H,10,13)(H,11,12). The van der Waals surface area contributed by atoms with Gasteiger partial charge >= 0.3 is 0 Å². The number of carbonyl (C=O) groups excluding carboxylic acids is 1. The molecule has 2 rings (SSSR count). The quantitative estimate of drug-likeness (QED) is 0.616. The summed E-state index contributed by atoms with van der Waals surface area (Å²) in [6.45, 7) is 1.02. The average Bonchev–Trinajstić information content (AvgIpc) is 2.85. The minimum Gasteiger partial charge on any atom is -0.386 e. The molecule has 6 nitrogen and oxygen atoms in total. The van der Waals surface area contributed by atoms with Crippen LogP contribution in [0.25, 0.3) is 0 Å². The summed E-state index contributed by atoms with van der Waals surface area (Å²) in [6, 6.07) is 0. The minimum atomic E-state index is -0.917. The first-order valence-electron chi connectivity index (χ1n) is 4.77. The molecule has 1 aliphatic rings. The number of H-pyrrole nitrogens is 1. The van der Waals surface area contributed by atoms with E-state index in [9.17, 15) is 9.90 Å². The molecule has 15 heavy (non-hydrogen) atoms. The van der Waals surface area contributed by atoms with Crippen molar-refractivity contribution >= 4 is 5.91 Å². The number of carbonyl (C=O) groups is 1. The van der Waals surface area contributed by atoms with E-state index in [0.29, 0.717) is 18.6 Å². The number of aromatic nitrogens is 2. The van der Waals surface area contributed by atoms with Gasteiger partial charge in [-0.15, -0.1) is 0 Å². The van der Waals surface area contributed by atoms with E-state index in [1.165, 1.54) is 12.4 Å². The maximum absolute atomic E-state index is 11.5. The van der Waals surface area contributed by atoms with E-state index >= 15 is 0 Å². The molecule has 1 fully saturated rings. The van der Waals surface area contributed by atoms with Crippen molar-refractivity contribution in [1.82, 2.24) is 15.5 Å². The molecule has 0 bridgehead atoms. The lowest BCUT2D eigenvalue weighted by atomic mass is 10.0. The van der Waals surface area contributed by atoms with Crippen LogP contribution in [0.5, 0.6) is 0 Å². The van der Waals surface area contributed by atoms with Crippen LogP contribution in [-0.4, -0.2) is 46.6 Å². The predicted molar refractivity (Wildman–Crippen MR) is 51.3 cm³/mol. The summed E-state index contributed by atoms with van der Waals surface area (Å²) < 4.78 is 5.06. The summed E-state index contributed by atoms with van der Waals surface area (Å²) in [6.07, 6.45) is 3.49. The van der Waals surface area contributed by atoms with E-state index in [2.05, 4.69) is 15.5 Å². The second-order valence-corrected chi connectivity index (χ2v) is 3.70. The molecule has 1 aromatic rings. The number of ether oxygens (including phenoxy) is 1. The Kier molecular flexibility index (Phi) is 2.70. The molecule has 0 aliphatic carbocycles. The number of aliphatic hydroxyl groups is 1. The van der Waals surface area contributed by atoms with Gasteiger partial charge in [0.15, 0.2) is 0 Å². The monoisotopic (exact) mass is 211 g/mol. The first-order valence-corrected chi connectivity index (χ1v) is 4.77. The average molecular weight is 211 g/mol. The molecule has 1 aromatic heterocycles. The molecule has 6 heteroatoms. The molecule has 0 spiro atoms. The summed E-state index contributed by atoms with van der Waals surface area (Å²) in [5.41, 5.74) is -0.461. The van der Waals surface area contributed by atoms with Gasteiger partial charge < -0.3 is 15.2 Å². The molecular weight excluding hydrogens is 198 g/mol. The smallest absolute Gasteiger partial charge is 0.254 e. The van der Waals surface area contributed by atoms with Gasteiger partial charge in [-0.1, -0.05) is 0 Å². The van der Waals surface area contributed by atoms with Crippen molar-refractivity contribution in [3.05, 3.63) is 18.0 Å². The Morgan fingerprint density at radius 3 is 3.27 bits per heavy atom. The molecule has 0 aromatic carbocycles. The fourth-order valence-electron chi connectivity index (χ4n) is 1.46. The van der Waals surface area contributed by atoms with Crippen molar-refractivity contribution < 1.29 is 14.6 Å². The number of nitrogens with one attached hydrogen (secondary N) is 2. The van der Waals surface area contributed by atoms with Crippen LogP contribution in [-0.2, 0) is 4.74 Å². The maximum atomic E-state index is 11.5. The van der Waals surface area contributed by atoms with Crippen LogP contribution in [0, 0.1) is 0 Å². The Balaban J connectivity index is 1.85. The molecule has 1 saturated heterocycles. The molecule has 1 amide bonds. The molecule has 82 valence electrons. The summed E-state index contributed by atoms with van der Waals surface area (Å²) in [7, 11) is 0. The van der Waals surface area contributed by atoms with Gasteiger partial charge in [-0.25, -0.2) is 0 Å². The lowest BCUT2D eigenvalue weighted by Gasteiger charge is -2.20. The van der Waals surface area contributed by atoms with Crippen molar-refractivity contribution in [2.24, 2.45) is 0 Å². The zero-order valence-corrected chi connectivity index (χ0v) is 8.19. The van der Waals surface area contributed by atoms with Gasteiger partial charge in [0, 0.05) is 25.8 Å². The Morgan fingerprint density at radius 1 is 1.80 bits per heavy atom. The number of nitrogens with zero attached hydrogens (tertiary/aromatic N) is 1. The van der Waals surface area contributed by atoms with E-state index in [0.717, 1.165) is 0 Å². The fourth-order valence-corrected chi connectivity index (χ4v) is 1.46. The SMILES string of the molecule is O=C(NCC1(O)CCOC1)c1cn[nH]c1. The Bertz CT molecular complexity index is 330. The van der Waals surface area contributed by atoms with Crippen molar-refractivity contribution in [3.63, 3.8) is 0 Å². The lowest BCUT2D eigenvalue weighted by molar-refractivity contribution is 0.0264. The number of aromatic amines is 1. The second kappa shape index (κ2) is 4.00. The van der Waals surface area contributed by atoms with Crippen LogP contribution in [0.1, 0.15) is 16.8 Å². The Hall–Kier alpha value is -1.40. The number of amides is 1. The van der Waals surface area contributed by atoms with Crippen LogP contribution in [0.2, 0.25) is 0 Å². The Labute approximate surface area is 86.6 Å². The highest BCUT2D eigenvalue weighted by Crippen LogP contribution is 2.16. The van der Waals surface area contributed by atoms with E-state index in [4.69, 9.17) is 4.74 Å². The highest BCUT2D eigenvalue weighted by atomic mass is 16.5. The zero-order valence-electron chi connectivity index (χ0n) is 8.19. The van der Waals surface area contributed by atoms with Crippen molar-refractivity contribution in [2.75, 3.05) is 19.8 Å². The molecule has 0 radical (unpaired) electrons. The topological polar surface area (TPSA) is 87.2 Å². The summed E-state index contributed by atoms with van der Waals surface area (Å²) in [4.78, 5) is 11.5. The first-order chi connectivity index (χ1) is 7.20. The van der Waals surface area contributed by atoms with Crippen LogP contribution in [0.15, 0.2) is 12.4 Å². The lowest BCUT2D eigenvalue weighted by Crippen LogP contribution is -2.43. The third-order valence-electron chi connectivity index (χ3n) is 2.42. The molecule has 1 unspecified atom stereocenters. The summed E-state index contributed by atoms with van der Waals surface area (Å²) in [5, 5.41) is 18.7. The second-order valence-electron chi connectivity index (χ2n) is 3.70. The molecular formula is C9H13N3O3. The number of hydrogen-bond donors (Lipinski definition) is 3. The van der Waals surface area contributed by atoms with Crippen LogP contribution >= 0.6 is 0 Å². The largest absolute Gasteiger partial charge is 0.386 e. The van der Waals surface area contributed by atoms with Gasteiger partial charge in [0.05, 0.1) is 18.4 Å². The van der Waals surface area contributed by atoms with Crippen LogP contribution < -0.4 is 5.32 Å². The van der Waals surface area contributed by atoms with Crippen LogP contribution in [0.4, 0.5) is 0 Å². The highest BCUT2D eigenvalue weighted by Gasteiger charge is 2.32. The molecule has 2 heterocycles. The summed E-state index contributed by atoms with van der Waals surface area (Å²) >= 11 is 0. The van der Waals surface area contributed by atoms with Crippen molar-refractivity contribution in [2.45, 2.75) is 12.0 Å². The summed E-state index contributed by atoms with van der Waals surface area (Å²) in [5.74, 6) is -0.246. The maximum Gasteiger partial charge on any atom is 0.254 e. The van der Waals surface area contributed by atoms with Crippen LogP contribution in [0.3, 0.4) is 0 Å². The normalized spacial score (nSPS) is 25.4. The third-order valence-corrected chi connectivity index (χ3v) is 2.42. The van der Waals surface area contributed by atoms with Gasteiger partial charge in [-0.2, -0.15) is 5.10 Å². The van der Waals surface area contributed by atoms with Gasteiger partial charge in [0.1, 0.15) is 5.60 Å². The van der Waals surface area contributed by atoms with Gasteiger partial charge in [-0.05, 0) is 0 Å².